The molecule has 0 spiro atoms. The summed E-state index contributed by atoms with van der Waals surface area (Å²) in [6.07, 6.45) is 1.83. The average molecular weight is 442 g/mol. The van der Waals surface area contributed by atoms with Crippen molar-refractivity contribution in [3.8, 4) is 0 Å². The molecule has 0 saturated heterocycles. The quantitative estimate of drug-likeness (QED) is 0.650. The van der Waals surface area contributed by atoms with Crippen molar-refractivity contribution in [1.82, 2.24) is 5.32 Å². The number of thioether (sulfide) groups is 1. The number of aryl methyl sites for hydroxylation is 2. The predicted molar refractivity (Wildman–Crippen MR) is 122 cm³/mol. The number of carbonyl (C=O) groups excluding carboxylic acids is 2. The molecule has 1 aliphatic heterocycles. The zero-order valence-electron chi connectivity index (χ0n) is 17.6. The topological polar surface area (TPSA) is 79.8 Å². The van der Waals surface area contributed by atoms with Gasteiger partial charge >= 0.3 is 5.97 Å². The Labute approximate surface area is 185 Å². The van der Waals surface area contributed by atoms with Gasteiger partial charge in [0.15, 0.2) is 0 Å². The molecule has 0 radical (unpaired) electrons. The number of carbonyl (C=O) groups is 2. The summed E-state index contributed by atoms with van der Waals surface area (Å²) >= 11 is 1.28. The fourth-order valence-corrected chi connectivity index (χ4v) is 3.66. The molecular weight excluding hydrogens is 417 g/mol. The maximum atomic E-state index is 13.0. The molecule has 6 nitrogen and oxygen atoms in total. The lowest BCUT2D eigenvalue weighted by atomic mass is 10.1. The molecule has 3 rings (SSSR count). The van der Waals surface area contributed by atoms with Crippen molar-refractivity contribution < 1.29 is 18.7 Å². The molecule has 0 aromatic heterocycles. The molecular formula is C23H24FN3O3S. The van der Waals surface area contributed by atoms with Crippen molar-refractivity contribution >= 4 is 40.1 Å². The van der Waals surface area contributed by atoms with E-state index in [1.165, 1.54) is 31.0 Å². The minimum Gasteiger partial charge on any atom is -0.469 e. The summed E-state index contributed by atoms with van der Waals surface area (Å²) in [7, 11) is 1.34. The van der Waals surface area contributed by atoms with Gasteiger partial charge in [0.25, 0.3) is 0 Å². The largest absolute Gasteiger partial charge is 0.469 e. The fraction of sp³-hybridized carbons (Fsp3) is 0.261. The number of anilines is 1. The van der Waals surface area contributed by atoms with Crippen molar-refractivity contribution in [2.45, 2.75) is 26.8 Å². The second-order valence-electron chi connectivity index (χ2n) is 7.14. The molecule has 0 bridgehead atoms. The average Bonchev–Trinajstić information content (AvgIpc) is 2.90. The Morgan fingerprint density at radius 3 is 2.58 bits per heavy atom. The third kappa shape index (κ3) is 6.42. The van der Waals surface area contributed by atoms with Gasteiger partial charge in [-0.05, 0) is 60.9 Å². The van der Waals surface area contributed by atoms with Gasteiger partial charge in [0.1, 0.15) is 5.82 Å². The van der Waals surface area contributed by atoms with Crippen LogP contribution in [0.4, 0.5) is 15.8 Å². The van der Waals surface area contributed by atoms with Gasteiger partial charge in [-0.1, -0.05) is 23.9 Å². The molecule has 1 heterocycles. The van der Waals surface area contributed by atoms with Crippen LogP contribution in [0, 0.1) is 19.7 Å². The zero-order valence-corrected chi connectivity index (χ0v) is 18.4. The Balaban J connectivity index is 1.71. The van der Waals surface area contributed by atoms with Gasteiger partial charge in [-0.15, -0.1) is 0 Å². The normalized spacial score (nSPS) is 12.6. The zero-order chi connectivity index (χ0) is 22.4. The number of esters is 1. The first kappa shape index (κ1) is 22.6. The van der Waals surface area contributed by atoms with Crippen LogP contribution in [0.2, 0.25) is 0 Å². The number of hydrogen-bond acceptors (Lipinski definition) is 6. The number of benzene rings is 2. The van der Waals surface area contributed by atoms with E-state index < -0.39 is 0 Å². The highest BCUT2D eigenvalue weighted by atomic mass is 32.2. The minimum absolute atomic E-state index is 0.0687. The molecule has 0 atom stereocenters. The number of amides is 1. The van der Waals surface area contributed by atoms with Gasteiger partial charge < -0.3 is 15.4 Å². The molecule has 0 saturated carbocycles. The fourth-order valence-electron chi connectivity index (χ4n) is 2.89. The van der Waals surface area contributed by atoms with Crippen LogP contribution >= 0.6 is 11.8 Å². The maximum Gasteiger partial charge on any atom is 0.311 e. The predicted octanol–water partition coefficient (Wildman–Crippen LogP) is 4.39. The summed E-state index contributed by atoms with van der Waals surface area (Å²) < 4.78 is 17.8. The van der Waals surface area contributed by atoms with E-state index in [2.05, 4.69) is 10.6 Å². The van der Waals surface area contributed by atoms with Crippen LogP contribution in [-0.4, -0.2) is 29.8 Å². The summed E-state index contributed by atoms with van der Waals surface area (Å²) in [5.74, 6) is -0.696. The van der Waals surface area contributed by atoms with E-state index in [4.69, 9.17) is 9.73 Å². The Hall–Kier alpha value is -3.13. The van der Waals surface area contributed by atoms with Crippen LogP contribution in [0.25, 0.3) is 0 Å². The molecule has 2 N–H and O–H groups in total. The van der Waals surface area contributed by atoms with Crippen molar-refractivity contribution in [2.24, 2.45) is 4.99 Å². The van der Waals surface area contributed by atoms with Crippen molar-refractivity contribution in [1.29, 1.82) is 0 Å². The van der Waals surface area contributed by atoms with Crippen LogP contribution in [0.1, 0.15) is 23.1 Å². The first-order chi connectivity index (χ1) is 14.8. The number of methoxy groups -OCH3 is 1. The van der Waals surface area contributed by atoms with E-state index in [-0.39, 0.29) is 29.9 Å². The van der Waals surface area contributed by atoms with Gasteiger partial charge in [0.2, 0.25) is 5.91 Å². The first-order valence-corrected chi connectivity index (χ1v) is 10.7. The van der Waals surface area contributed by atoms with Gasteiger partial charge in [-0.25, -0.2) is 9.38 Å². The molecule has 8 heteroatoms. The second kappa shape index (κ2) is 10.3. The number of ether oxygens (including phenoxy) is 1. The Morgan fingerprint density at radius 1 is 1.16 bits per heavy atom. The van der Waals surface area contributed by atoms with Gasteiger partial charge in [-0.2, -0.15) is 0 Å². The smallest absolute Gasteiger partial charge is 0.311 e. The van der Waals surface area contributed by atoms with Crippen molar-refractivity contribution in [2.75, 3.05) is 18.2 Å². The monoisotopic (exact) mass is 441 g/mol. The summed E-state index contributed by atoms with van der Waals surface area (Å²) in [5.41, 5.74) is 5.21. The van der Waals surface area contributed by atoms with Crippen molar-refractivity contribution in [3.63, 3.8) is 0 Å². The first-order valence-electron chi connectivity index (χ1n) is 9.72. The summed E-state index contributed by atoms with van der Waals surface area (Å²) in [4.78, 5) is 28.8. The molecule has 1 amide bonds. The lowest BCUT2D eigenvalue weighted by molar-refractivity contribution is -0.139. The van der Waals surface area contributed by atoms with Crippen LogP contribution in [-0.2, 0) is 20.9 Å². The van der Waals surface area contributed by atoms with E-state index in [0.29, 0.717) is 17.3 Å². The van der Waals surface area contributed by atoms with Crippen molar-refractivity contribution in [3.05, 3.63) is 70.7 Å². The van der Waals surface area contributed by atoms with E-state index in [1.807, 2.05) is 26.0 Å². The maximum absolute atomic E-state index is 13.0. The third-order valence-electron chi connectivity index (χ3n) is 4.75. The standard InChI is InChI=1S/C23H24FN3O3S/c1-14-8-19-20(9-15(14)2)27-22(10-18(26-19)11-23(29)30-3)31-13-21(28)25-12-16-4-6-17(24)7-5-16/h4-10,26H,11-13H2,1-3H3,(H,25,28). The third-order valence-corrected chi connectivity index (χ3v) is 5.66. The molecule has 1 aliphatic rings. The second-order valence-corrected chi connectivity index (χ2v) is 8.14. The lowest BCUT2D eigenvalue weighted by Crippen LogP contribution is -2.25. The molecule has 31 heavy (non-hydrogen) atoms. The minimum atomic E-state index is -0.368. The number of rotatable bonds is 6. The Kier molecular flexibility index (Phi) is 7.46. The number of nitrogens with one attached hydrogen (secondary N) is 2. The highest BCUT2D eigenvalue weighted by molar-refractivity contribution is 8.14. The van der Waals surface area contributed by atoms with E-state index in [9.17, 15) is 14.0 Å². The van der Waals surface area contributed by atoms with Crippen LogP contribution in [0.3, 0.4) is 0 Å². The van der Waals surface area contributed by atoms with Gasteiger partial charge in [-0.3, -0.25) is 9.59 Å². The molecule has 0 unspecified atom stereocenters. The summed E-state index contributed by atoms with van der Waals surface area (Å²) in [6, 6.07) is 9.94. The van der Waals surface area contributed by atoms with Crippen LogP contribution in [0.15, 0.2) is 53.2 Å². The molecule has 2 aromatic carbocycles. The number of halogens is 1. The van der Waals surface area contributed by atoms with Gasteiger partial charge in [0.05, 0.1) is 35.7 Å². The Bertz CT molecular complexity index is 1050. The van der Waals surface area contributed by atoms with E-state index in [0.717, 1.165) is 28.1 Å². The molecule has 0 aliphatic carbocycles. The van der Waals surface area contributed by atoms with Gasteiger partial charge in [0, 0.05) is 12.2 Å². The lowest BCUT2D eigenvalue weighted by Gasteiger charge is -2.12. The van der Waals surface area contributed by atoms with E-state index in [1.54, 1.807) is 18.2 Å². The molecule has 162 valence electrons. The number of nitrogens with zero attached hydrogens (tertiary/aromatic N) is 1. The Morgan fingerprint density at radius 2 is 1.87 bits per heavy atom. The van der Waals surface area contributed by atoms with E-state index >= 15 is 0 Å². The van der Waals surface area contributed by atoms with Crippen LogP contribution in [0.5, 0.6) is 0 Å². The number of hydrogen-bond donors (Lipinski definition) is 2. The summed E-state index contributed by atoms with van der Waals surface area (Å²) in [5, 5.41) is 6.69. The SMILES string of the molecule is COC(=O)CC1=CC(SCC(=O)NCc2ccc(F)cc2)=Nc2cc(C)c(C)cc2N1. The highest BCUT2D eigenvalue weighted by Gasteiger charge is 2.16. The molecule has 0 fully saturated rings. The highest BCUT2D eigenvalue weighted by Crippen LogP contribution is 2.33. The summed E-state index contributed by atoms with van der Waals surface area (Å²) in [6.45, 7) is 4.34. The van der Waals surface area contributed by atoms with Crippen LogP contribution < -0.4 is 10.6 Å². The number of fused-ring (bicyclic) bond motifs is 1. The number of aliphatic imine (C=N–C) groups is 1. The molecule has 2 aromatic rings.